The standard InChI is InChI=1S/C37H48ClN3O7/c1-24(2)39-30(42)21-37(34(46)47,20-25-12-15-27(38)16-13-25)23-36(18-8-9-19-36)33(45)40-28-17-14-26-10-6-7-11-29(26)41(32(28)44)22-31(43)48-35(3,4)5/h6-7,10-13,15-16,24,28H,8-9,14,17-23H2,1-5H3,(H,39,42)(H,40,45)(H,46,47)/t28-,37?/m0/s1. The zero-order valence-electron chi connectivity index (χ0n) is 28.6. The molecule has 1 fully saturated rings. The number of carboxylic acids is 1. The third kappa shape index (κ3) is 9.15. The van der Waals surface area contributed by atoms with Gasteiger partial charge in [0.2, 0.25) is 17.7 Å². The van der Waals surface area contributed by atoms with Crippen LogP contribution in [0.3, 0.4) is 0 Å². The van der Waals surface area contributed by atoms with Gasteiger partial charge in [0.15, 0.2) is 0 Å². The first kappa shape index (κ1) is 36.9. The molecule has 1 aliphatic heterocycles. The van der Waals surface area contributed by atoms with Crippen molar-refractivity contribution in [2.75, 3.05) is 11.4 Å². The largest absolute Gasteiger partial charge is 0.481 e. The number of esters is 1. The second-order valence-corrected chi connectivity index (χ2v) is 15.1. The average Bonchev–Trinajstić information content (AvgIpc) is 3.42. The van der Waals surface area contributed by atoms with E-state index in [-0.39, 0.29) is 31.8 Å². The van der Waals surface area contributed by atoms with Gasteiger partial charge in [-0.25, -0.2) is 0 Å². The fourth-order valence-electron chi connectivity index (χ4n) is 7.10. The number of aliphatic carboxylic acids is 1. The average molecular weight is 682 g/mol. The van der Waals surface area contributed by atoms with Crippen molar-refractivity contribution >= 4 is 46.9 Å². The molecule has 48 heavy (non-hydrogen) atoms. The molecule has 1 heterocycles. The highest BCUT2D eigenvalue weighted by atomic mass is 35.5. The normalized spacial score (nSPS) is 18.8. The third-order valence-corrected chi connectivity index (χ3v) is 9.39. The van der Waals surface area contributed by atoms with Gasteiger partial charge in [-0.2, -0.15) is 0 Å². The second-order valence-electron chi connectivity index (χ2n) is 14.7. The van der Waals surface area contributed by atoms with Crippen molar-refractivity contribution < 1.29 is 33.8 Å². The number of aryl methyl sites for hydroxylation is 1. The van der Waals surface area contributed by atoms with Crippen molar-refractivity contribution in [3.63, 3.8) is 0 Å². The first-order valence-corrected chi connectivity index (χ1v) is 17.1. The van der Waals surface area contributed by atoms with Crippen molar-refractivity contribution in [1.82, 2.24) is 10.6 Å². The summed E-state index contributed by atoms with van der Waals surface area (Å²) in [5, 5.41) is 17.2. The zero-order valence-corrected chi connectivity index (χ0v) is 29.3. The van der Waals surface area contributed by atoms with E-state index in [2.05, 4.69) is 10.6 Å². The molecule has 2 aromatic carbocycles. The van der Waals surface area contributed by atoms with Gasteiger partial charge in [-0.05, 0) is 102 Å². The first-order valence-electron chi connectivity index (χ1n) is 16.7. The third-order valence-electron chi connectivity index (χ3n) is 9.14. The van der Waals surface area contributed by atoms with E-state index in [1.807, 2.05) is 12.1 Å². The summed E-state index contributed by atoms with van der Waals surface area (Å²) in [6, 6.07) is 13.0. The van der Waals surface area contributed by atoms with E-state index in [1.54, 1.807) is 71.0 Å². The van der Waals surface area contributed by atoms with Crippen molar-refractivity contribution in [2.24, 2.45) is 10.8 Å². The molecule has 3 N–H and O–H groups in total. The van der Waals surface area contributed by atoms with Gasteiger partial charge in [0.25, 0.3) is 0 Å². The van der Waals surface area contributed by atoms with E-state index < -0.39 is 52.1 Å². The number of para-hydroxylation sites is 1. The molecule has 2 aromatic rings. The Hall–Kier alpha value is -3.92. The quantitative estimate of drug-likeness (QED) is 0.247. The maximum absolute atomic E-state index is 14.5. The van der Waals surface area contributed by atoms with Crippen LogP contribution in [0.2, 0.25) is 5.02 Å². The van der Waals surface area contributed by atoms with Crippen molar-refractivity contribution in [3.05, 3.63) is 64.7 Å². The molecule has 1 saturated carbocycles. The number of halogens is 1. The Kier molecular flexibility index (Phi) is 11.6. The van der Waals surface area contributed by atoms with Crippen LogP contribution in [0, 0.1) is 10.8 Å². The van der Waals surface area contributed by atoms with Gasteiger partial charge >= 0.3 is 11.9 Å². The Morgan fingerprint density at radius 2 is 1.69 bits per heavy atom. The number of hydrogen-bond acceptors (Lipinski definition) is 6. The number of rotatable bonds is 12. The van der Waals surface area contributed by atoms with Crippen molar-refractivity contribution in [2.45, 2.75) is 110 Å². The van der Waals surface area contributed by atoms with Crippen LogP contribution in [0.5, 0.6) is 0 Å². The van der Waals surface area contributed by atoms with E-state index >= 15 is 0 Å². The van der Waals surface area contributed by atoms with Crippen LogP contribution < -0.4 is 15.5 Å². The van der Waals surface area contributed by atoms with Gasteiger partial charge in [0.05, 0.1) is 10.8 Å². The topological polar surface area (TPSA) is 142 Å². The monoisotopic (exact) mass is 681 g/mol. The number of fused-ring (bicyclic) bond motifs is 1. The Morgan fingerprint density at radius 1 is 1.04 bits per heavy atom. The van der Waals surface area contributed by atoms with Crippen molar-refractivity contribution in [1.29, 1.82) is 0 Å². The summed E-state index contributed by atoms with van der Waals surface area (Å²) >= 11 is 6.11. The van der Waals surface area contributed by atoms with Gasteiger partial charge in [-0.1, -0.05) is 54.8 Å². The smallest absolute Gasteiger partial charge is 0.326 e. The molecule has 0 aromatic heterocycles. The number of ether oxygens (including phenoxy) is 1. The highest BCUT2D eigenvalue weighted by Crippen LogP contribution is 2.50. The predicted octanol–water partition coefficient (Wildman–Crippen LogP) is 5.62. The molecule has 2 aliphatic rings. The summed E-state index contributed by atoms with van der Waals surface area (Å²) in [7, 11) is 0. The molecular weight excluding hydrogens is 634 g/mol. The lowest BCUT2D eigenvalue weighted by Crippen LogP contribution is -2.54. The van der Waals surface area contributed by atoms with E-state index in [0.29, 0.717) is 54.8 Å². The molecule has 11 heteroatoms. The summed E-state index contributed by atoms with van der Waals surface area (Å²) < 4.78 is 5.53. The lowest BCUT2D eigenvalue weighted by molar-refractivity contribution is -0.156. The minimum atomic E-state index is -1.61. The number of amides is 3. The van der Waals surface area contributed by atoms with Crippen LogP contribution in [0.25, 0.3) is 0 Å². The van der Waals surface area contributed by atoms with Crippen LogP contribution in [-0.2, 0) is 41.6 Å². The fraction of sp³-hybridized carbons (Fsp3) is 0.541. The number of nitrogens with zero attached hydrogens (tertiary/aromatic N) is 1. The van der Waals surface area contributed by atoms with Crippen LogP contribution >= 0.6 is 11.6 Å². The van der Waals surface area contributed by atoms with Gasteiger partial charge in [-0.3, -0.25) is 28.9 Å². The summed E-state index contributed by atoms with van der Waals surface area (Å²) in [6.07, 6.45) is 2.64. The maximum Gasteiger partial charge on any atom is 0.326 e. The number of carbonyl (C=O) groups is 5. The van der Waals surface area contributed by atoms with E-state index in [4.69, 9.17) is 16.3 Å². The van der Waals surface area contributed by atoms with Crippen LogP contribution in [-0.4, -0.2) is 59.0 Å². The fourth-order valence-corrected chi connectivity index (χ4v) is 7.22. The minimum absolute atomic E-state index is 0.0153. The van der Waals surface area contributed by atoms with E-state index in [1.165, 1.54) is 4.90 Å². The summed E-state index contributed by atoms with van der Waals surface area (Å²) in [5.41, 5.74) is -1.35. The Balaban J connectivity index is 1.66. The molecule has 10 nitrogen and oxygen atoms in total. The number of anilines is 1. The molecule has 0 bridgehead atoms. The maximum atomic E-state index is 14.5. The highest BCUT2D eigenvalue weighted by molar-refractivity contribution is 6.30. The van der Waals surface area contributed by atoms with E-state index in [0.717, 1.165) is 5.56 Å². The molecule has 2 atom stereocenters. The number of nitrogens with one attached hydrogen (secondary N) is 2. The number of hydrogen-bond donors (Lipinski definition) is 3. The van der Waals surface area contributed by atoms with Gasteiger partial charge in [-0.15, -0.1) is 0 Å². The molecule has 3 amide bonds. The summed E-state index contributed by atoms with van der Waals surface area (Å²) in [4.78, 5) is 69.4. The molecule has 0 saturated heterocycles. The first-order chi connectivity index (χ1) is 22.5. The molecule has 0 radical (unpaired) electrons. The van der Waals surface area contributed by atoms with Gasteiger partial charge < -0.3 is 20.5 Å². The zero-order chi connectivity index (χ0) is 35.3. The number of carbonyl (C=O) groups excluding carboxylic acids is 4. The lowest BCUT2D eigenvalue weighted by Gasteiger charge is -2.39. The Morgan fingerprint density at radius 3 is 2.29 bits per heavy atom. The second kappa shape index (κ2) is 15.1. The Labute approximate surface area is 287 Å². The lowest BCUT2D eigenvalue weighted by atomic mass is 9.65. The van der Waals surface area contributed by atoms with Crippen molar-refractivity contribution in [3.8, 4) is 0 Å². The predicted molar refractivity (Wildman–Crippen MR) is 184 cm³/mol. The molecule has 1 unspecified atom stereocenters. The number of benzene rings is 2. The van der Waals surface area contributed by atoms with Crippen LogP contribution in [0.15, 0.2) is 48.5 Å². The van der Waals surface area contributed by atoms with Crippen LogP contribution in [0.1, 0.15) is 90.7 Å². The van der Waals surface area contributed by atoms with E-state index in [9.17, 15) is 29.1 Å². The van der Waals surface area contributed by atoms with Gasteiger partial charge in [0.1, 0.15) is 18.2 Å². The summed E-state index contributed by atoms with van der Waals surface area (Å²) in [5.74, 6) is -3.00. The Bertz CT molecular complexity index is 1510. The molecule has 4 rings (SSSR count). The number of carboxylic acid groups (broad SMARTS) is 1. The molecular formula is C37H48ClN3O7. The van der Waals surface area contributed by atoms with Crippen LogP contribution in [0.4, 0.5) is 5.69 Å². The highest BCUT2D eigenvalue weighted by Gasteiger charge is 2.52. The molecule has 1 aliphatic carbocycles. The molecule has 260 valence electrons. The molecule has 0 spiro atoms. The summed E-state index contributed by atoms with van der Waals surface area (Å²) in [6.45, 7) is 8.55. The SMILES string of the molecule is CC(C)NC(=O)CC(Cc1ccc(Cl)cc1)(CC1(C(=O)N[C@H]2CCc3ccccc3N(CC(=O)OC(C)(C)C)C2=O)CCCC1)C(=O)O. The minimum Gasteiger partial charge on any atom is -0.481 e. The van der Waals surface area contributed by atoms with Gasteiger partial charge in [0, 0.05) is 23.2 Å².